The van der Waals surface area contributed by atoms with E-state index >= 15 is 0 Å². The van der Waals surface area contributed by atoms with Gasteiger partial charge in [-0.15, -0.1) is 0 Å². The summed E-state index contributed by atoms with van der Waals surface area (Å²) in [4.78, 5) is 19.1. The van der Waals surface area contributed by atoms with Crippen molar-refractivity contribution in [2.45, 2.75) is 50.9 Å². The third kappa shape index (κ3) is 4.53. The number of pyridine rings is 1. The Labute approximate surface area is 156 Å². The first kappa shape index (κ1) is 17.7. The largest absolute Gasteiger partial charge is 0.381 e. The van der Waals surface area contributed by atoms with Gasteiger partial charge in [-0.2, -0.15) is 0 Å². The number of hydrogen-bond donors (Lipinski definition) is 0. The quantitative estimate of drug-likeness (QED) is 0.697. The van der Waals surface area contributed by atoms with Crippen molar-refractivity contribution in [2.75, 3.05) is 26.3 Å². The molecule has 0 N–H and O–H groups in total. The Morgan fingerprint density at radius 1 is 1.15 bits per heavy atom. The SMILES string of the molecule is O=C(CC1=CCCCC1)N1CC(COCC2CC2)C(c2ccncc2)C1. The van der Waals surface area contributed by atoms with Gasteiger partial charge in [0.25, 0.3) is 0 Å². The first-order valence-corrected chi connectivity index (χ1v) is 10.2. The Bertz CT molecular complexity index is 639. The monoisotopic (exact) mass is 354 g/mol. The summed E-state index contributed by atoms with van der Waals surface area (Å²) in [6, 6.07) is 4.19. The molecule has 1 saturated heterocycles. The Balaban J connectivity index is 1.39. The molecule has 0 aromatic carbocycles. The number of amides is 1. The second-order valence-corrected chi connectivity index (χ2v) is 8.21. The van der Waals surface area contributed by atoms with Gasteiger partial charge in [0.1, 0.15) is 0 Å². The zero-order valence-corrected chi connectivity index (χ0v) is 15.6. The molecule has 2 aliphatic carbocycles. The van der Waals surface area contributed by atoms with Gasteiger partial charge in [0, 0.05) is 50.3 Å². The van der Waals surface area contributed by atoms with Crippen LogP contribution in [-0.2, 0) is 9.53 Å². The molecule has 1 amide bonds. The highest BCUT2D eigenvalue weighted by molar-refractivity contribution is 5.79. The summed E-state index contributed by atoms with van der Waals surface area (Å²) in [5.41, 5.74) is 2.63. The average Bonchev–Trinajstić information content (AvgIpc) is 3.40. The lowest BCUT2D eigenvalue weighted by Gasteiger charge is -2.19. The number of carbonyl (C=O) groups excluding carboxylic acids is 1. The first-order chi connectivity index (χ1) is 12.8. The maximum atomic E-state index is 12.9. The molecule has 4 nitrogen and oxygen atoms in total. The molecule has 1 saturated carbocycles. The third-order valence-electron chi connectivity index (χ3n) is 6.07. The average molecular weight is 354 g/mol. The zero-order valence-electron chi connectivity index (χ0n) is 15.6. The number of hydrogen-bond acceptors (Lipinski definition) is 3. The molecule has 2 fully saturated rings. The van der Waals surface area contributed by atoms with Gasteiger partial charge in [0.05, 0.1) is 6.61 Å². The van der Waals surface area contributed by atoms with Crippen LogP contribution in [0.2, 0.25) is 0 Å². The molecule has 1 aromatic rings. The molecule has 2 unspecified atom stereocenters. The number of aromatic nitrogens is 1. The fourth-order valence-electron chi connectivity index (χ4n) is 4.27. The molecule has 26 heavy (non-hydrogen) atoms. The van der Waals surface area contributed by atoms with Gasteiger partial charge in [-0.25, -0.2) is 0 Å². The number of carbonyl (C=O) groups is 1. The van der Waals surface area contributed by atoms with E-state index in [2.05, 4.69) is 28.1 Å². The van der Waals surface area contributed by atoms with Gasteiger partial charge in [-0.1, -0.05) is 11.6 Å². The minimum absolute atomic E-state index is 0.293. The predicted molar refractivity (Wildman–Crippen MR) is 102 cm³/mol. The Morgan fingerprint density at radius 3 is 2.73 bits per heavy atom. The number of allylic oxidation sites excluding steroid dienone is 1. The van der Waals surface area contributed by atoms with E-state index in [4.69, 9.17) is 4.74 Å². The molecular formula is C22H30N2O2. The minimum Gasteiger partial charge on any atom is -0.381 e. The van der Waals surface area contributed by atoms with Crippen LogP contribution in [0.4, 0.5) is 0 Å². The van der Waals surface area contributed by atoms with Crippen LogP contribution in [0.3, 0.4) is 0 Å². The van der Waals surface area contributed by atoms with Crippen LogP contribution in [0, 0.1) is 11.8 Å². The predicted octanol–water partition coefficient (Wildman–Crippen LogP) is 3.94. The summed E-state index contributed by atoms with van der Waals surface area (Å²) in [6.45, 7) is 3.29. The van der Waals surface area contributed by atoms with Gasteiger partial charge in [-0.05, 0) is 62.1 Å². The van der Waals surface area contributed by atoms with Gasteiger partial charge < -0.3 is 9.64 Å². The molecule has 1 aliphatic heterocycles. The molecule has 0 radical (unpaired) electrons. The Hall–Kier alpha value is -1.68. The van der Waals surface area contributed by atoms with Crippen LogP contribution in [0.1, 0.15) is 56.4 Å². The lowest BCUT2D eigenvalue weighted by molar-refractivity contribution is -0.129. The minimum atomic E-state index is 0.293. The fraction of sp³-hybridized carbons (Fsp3) is 0.636. The summed E-state index contributed by atoms with van der Waals surface area (Å²) in [6.07, 6.45) is 14.0. The topological polar surface area (TPSA) is 42.4 Å². The lowest BCUT2D eigenvalue weighted by atomic mass is 9.90. The van der Waals surface area contributed by atoms with E-state index < -0.39 is 0 Å². The van der Waals surface area contributed by atoms with Crippen LogP contribution < -0.4 is 0 Å². The molecule has 1 aromatic heterocycles. The highest BCUT2D eigenvalue weighted by Crippen LogP contribution is 2.35. The summed E-state index contributed by atoms with van der Waals surface area (Å²) >= 11 is 0. The smallest absolute Gasteiger partial charge is 0.226 e. The standard InChI is InChI=1S/C22H30N2O2/c25-22(12-17-4-2-1-3-5-17)24-13-20(16-26-15-18-6-7-18)21(14-24)19-8-10-23-11-9-19/h4,8-11,18,20-21H,1-3,5-7,12-16H2. The first-order valence-electron chi connectivity index (χ1n) is 10.2. The molecule has 2 heterocycles. The van der Waals surface area contributed by atoms with Crippen molar-refractivity contribution >= 4 is 5.91 Å². The molecular weight excluding hydrogens is 324 g/mol. The van der Waals surface area contributed by atoms with E-state index in [1.54, 1.807) is 0 Å². The molecule has 4 heteroatoms. The lowest BCUT2D eigenvalue weighted by Crippen LogP contribution is -2.29. The van der Waals surface area contributed by atoms with Crippen molar-refractivity contribution in [2.24, 2.45) is 11.8 Å². The van der Waals surface area contributed by atoms with Crippen LogP contribution in [-0.4, -0.2) is 42.1 Å². The van der Waals surface area contributed by atoms with Crippen LogP contribution in [0.25, 0.3) is 0 Å². The van der Waals surface area contributed by atoms with Crippen molar-refractivity contribution in [3.8, 4) is 0 Å². The van der Waals surface area contributed by atoms with Gasteiger partial charge in [0.15, 0.2) is 0 Å². The van der Waals surface area contributed by atoms with E-state index in [1.165, 1.54) is 36.8 Å². The second kappa shape index (κ2) is 8.34. The third-order valence-corrected chi connectivity index (χ3v) is 6.07. The highest BCUT2D eigenvalue weighted by atomic mass is 16.5. The maximum Gasteiger partial charge on any atom is 0.226 e. The molecule has 0 spiro atoms. The van der Waals surface area contributed by atoms with Crippen LogP contribution in [0.15, 0.2) is 36.2 Å². The number of nitrogens with zero attached hydrogens (tertiary/aromatic N) is 2. The Morgan fingerprint density at radius 2 is 2.00 bits per heavy atom. The van der Waals surface area contributed by atoms with E-state index in [9.17, 15) is 4.79 Å². The van der Waals surface area contributed by atoms with Crippen molar-refractivity contribution in [3.63, 3.8) is 0 Å². The summed E-state index contributed by atoms with van der Waals surface area (Å²) in [5, 5.41) is 0. The van der Waals surface area contributed by atoms with Crippen molar-refractivity contribution < 1.29 is 9.53 Å². The molecule has 0 bridgehead atoms. The van der Waals surface area contributed by atoms with Gasteiger partial charge in [-0.3, -0.25) is 9.78 Å². The van der Waals surface area contributed by atoms with Gasteiger partial charge in [0.2, 0.25) is 5.91 Å². The molecule has 4 rings (SSSR count). The van der Waals surface area contributed by atoms with Crippen LogP contribution >= 0.6 is 0 Å². The van der Waals surface area contributed by atoms with E-state index in [0.717, 1.165) is 45.1 Å². The van der Waals surface area contributed by atoms with Gasteiger partial charge >= 0.3 is 0 Å². The molecule has 140 valence electrons. The van der Waals surface area contributed by atoms with Crippen LogP contribution in [0.5, 0.6) is 0 Å². The normalized spacial score (nSPS) is 26.0. The number of likely N-dealkylation sites (tertiary alicyclic amines) is 1. The second-order valence-electron chi connectivity index (χ2n) is 8.21. The summed E-state index contributed by atoms with van der Waals surface area (Å²) in [5.74, 6) is 1.83. The Kier molecular flexibility index (Phi) is 5.68. The van der Waals surface area contributed by atoms with Crippen molar-refractivity contribution in [1.29, 1.82) is 0 Å². The van der Waals surface area contributed by atoms with Crippen molar-refractivity contribution in [3.05, 3.63) is 41.7 Å². The molecule has 3 aliphatic rings. The van der Waals surface area contributed by atoms with E-state index in [0.29, 0.717) is 24.2 Å². The number of rotatable bonds is 7. The zero-order chi connectivity index (χ0) is 17.8. The summed E-state index contributed by atoms with van der Waals surface area (Å²) in [7, 11) is 0. The van der Waals surface area contributed by atoms with Crippen molar-refractivity contribution in [1.82, 2.24) is 9.88 Å². The van der Waals surface area contributed by atoms with E-state index in [1.807, 2.05) is 12.4 Å². The summed E-state index contributed by atoms with van der Waals surface area (Å²) < 4.78 is 6.01. The fourth-order valence-corrected chi connectivity index (χ4v) is 4.27. The maximum absolute atomic E-state index is 12.9. The molecule has 2 atom stereocenters. The highest BCUT2D eigenvalue weighted by Gasteiger charge is 2.36. The number of ether oxygens (including phenoxy) is 1. The van der Waals surface area contributed by atoms with E-state index in [-0.39, 0.29) is 0 Å².